The molecule has 0 unspecified atom stereocenters. The molecular weight excluding hydrogens is 274 g/mol. The van der Waals surface area contributed by atoms with E-state index in [0.717, 1.165) is 42.5 Å². The molecule has 1 saturated heterocycles. The van der Waals surface area contributed by atoms with Crippen molar-refractivity contribution >= 4 is 10.9 Å². The van der Waals surface area contributed by atoms with E-state index in [2.05, 4.69) is 49.8 Å². The highest BCUT2D eigenvalue weighted by atomic mass is 16.1. The van der Waals surface area contributed by atoms with Gasteiger partial charge >= 0.3 is 5.69 Å². The Morgan fingerprint density at radius 3 is 2.41 bits per heavy atom. The topological polar surface area (TPSA) is 38.1 Å². The van der Waals surface area contributed by atoms with Gasteiger partial charge in [-0.3, -0.25) is 4.57 Å². The molecule has 0 bridgehead atoms. The summed E-state index contributed by atoms with van der Waals surface area (Å²) in [4.78, 5) is 19.5. The Bertz CT molecular complexity index is 734. The van der Waals surface area contributed by atoms with Crippen LogP contribution in [0.2, 0.25) is 0 Å². The van der Waals surface area contributed by atoms with Crippen LogP contribution in [0.25, 0.3) is 10.9 Å². The van der Waals surface area contributed by atoms with Gasteiger partial charge in [-0.1, -0.05) is 39.0 Å². The Balaban J connectivity index is 2.20. The number of fused-ring (bicyclic) bond motifs is 1. The third-order valence-corrected chi connectivity index (χ3v) is 4.60. The molecular formula is C18H25N3O. The van der Waals surface area contributed by atoms with Gasteiger partial charge in [-0.15, -0.1) is 0 Å². The van der Waals surface area contributed by atoms with Crippen molar-refractivity contribution in [2.45, 2.75) is 45.1 Å². The maximum atomic E-state index is 12.7. The molecule has 1 aromatic carbocycles. The zero-order chi connectivity index (χ0) is 15.9. The van der Waals surface area contributed by atoms with Crippen LogP contribution in [0.15, 0.2) is 29.1 Å². The SMILES string of the molecule is CN1CCC(n2c(=O)nc(C(C)(C)C)c3ccccc32)CC1. The third kappa shape index (κ3) is 2.68. The normalized spacial score (nSPS) is 18.0. The summed E-state index contributed by atoms with van der Waals surface area (Å²) in [5, 5.41) is 1.11. The highest BCUT2D eigenvalue weighted by molar-refractivity contribution is 5.82. The van der Waals surface area contributed by atoms with E-state index < -0.39 is 0 Å². The zero-order valence-electron chi connectivity index (χ0n) is 14.0. The number of rotatable bonds is 1. The fourth-order valence-corrected chi connectivity index (χ4v) is 3.37. The summed E-state index contributed by atoms with van der Waals surface area (Å²) in [5.74, 6) is 0. The predicted molar refractivity (Wildman–Crippen MR) is 90.5 cm³/mol. The van der Waals surface area contributed by atoms with E-state index in [1.54, 1.807) is 0 Å². The van der Waals surface area contributed by atoms with Crippen LogP contribution in [0.5, 0.6) is 0 Å². The molecule has 0 radical (unpaired) electrons. The minimum Gasteiger partial charge on any atom is -0.306 e. The summed E-state index contributed by atoms with van der Waals surface area (Å²) in [5.41, 5.74) is 1.70. The molecule has 1 aliphatic heterocycles. The molecule has 1 aliphatic rings. The van der Waals surface area contributed by atoms with Gasteiger partial charge in [0.2, 0.25) is 0 Å². The number of nitrogens with zero attached hydrogens (tertiary/aromatic N) is 3. The lowest BCUT2D eigenvalue weighted by Crippen LogP contribution is -2.37. The molecule has 0 amide bonds. The van der Waals surface area contributed by atoms with E-state index in [1.165, 1.54) is 0 Å². The van der Waals surface area contributed by atoms with E-state index >= 15 is 0 Å². The van der Waals surface area contributed by atoms with Gasteiger partial charge in [0.05, 0.1) is 11.2 Å². The minimum absolute atomic E-state index is 0.0989. The van der Waals surface area contributed by atoms with E-state index in [0.29, 0.717) is 0 Å². The molecule has 1 aromatic heterocycles. The van der Waals surface area contributed by atoms with Crippen molar-refractivity contribution in [3.8, 4) is 0 Å². The van der Waals surface area contributed by atoms with Crippen LogP contribution < -0.4 is 5.69 Å². The maximum Gasteiger partial charge on any atom is 0.348 e. The number of para-hydroxylation sites is 1. The van der Waals surface area contributed by atoms with E-state index in [4.69, 9.17) is 0 Å². The number of benzene rings is 1. The summed E-state index contributed by atoms with van der Waals surface area (Å²) in [6, 6.07) is 8.46. The molecule has 22 heavy (non-hydrogen) atoms. The standard InChI is InChI=1S/C18H25N3O/c1-18(2,3)16-14-7-5-6-8-15(14)21(17(22)19-16)13-9-11-20(4)12-10-13/h5-8,13H,9-12H2,1-4H3. The average Bonchev–Trinajstić information content (AvgIpc) is 2.47. The van der Waals surface area contributed by atoms with Crippen LogP contribution in [0.3, 0.4) is 0 Å². The lowest BCUT2D eigenvalue weighted by atomic mass is 9.89. The Hall–Kier alpha value is -1.68. The molecule has 2 heterocycles. The highest BCUT2D eigenvalue weighted by Gasteiger charge is 2.25. The molecule has 4 heteroatoms. The molecule has 1 fully saturated rings. The second-order valence-corrected chi connectivity index (χ2v) is 7.41. The number of aromatic nitrogens is 2. The lowest BCUT2D eigenvalue weighted by molar-refractivity contribution is 0.220. The largest absolute Gasteiger partial charge is 0.348 e. The number of piperidine rings is 1. The van der Waals surface area contributed by atoms with Crippen molar-refractivity contribution in [3.63, 3.8) is 0 Å². The highest BCUT2D eigenvalue weighted by Crippen LogP contribution is 2.30. The van der Waals surface area contributed by atoms with Crippen molar-refractivity contribution in [2.75, 3.05) is 20.1 Å². The molecule has 0 saturated carbocycles. The van der Waals surface area contributed by atoms with Gasteiger partial charge in [-0.2, -0.15) is 4.98 Å². The van der Waals surface area contributed by atoms with Gasteiger partial charge in [-0.05, 0) is 39.0 Å². The fourth-order valence-electron chi connectivity index (χ4n) is 3.37. The fraction of sp³-hybridized carbons (Fsp3) is 0.556. The Kier molecular flexibility index (Phi) is 3.81. The molecule has 118 valence electrons. The quantitative estimate of drug-likeness (QED) is 0.812. The monoisotopic (exact) mass is 299 g/mol. The second-order valence-electron chi connectivity index (χ2n) is 7.41. The first-order valence-electron chi connectivity index (χ1n) is 8.08. The van der Waals surface area contributed by atoms with Gasteiger partial charge in [0.15, 0.2) is 0 Å². The number of hydrogen-bond donors (Lipinski definition) is 0. The minimum atomic E-state index is -0.134. The summed E-state index contributed by atoms with van der Waals surface area (Å²) in [6.07, 6.45) is 2.02. The van der Waals surface area contributed by atoms with Gasteiger partial charge in [0, 0.05) is 16.8 Å². The van der Waals surface area contributed by atoms with Crippen molar-refractivity contribution in [2.24, 2.45) is 0 Å². The third-order valence-electron chi connectivity index (χ3n) is 4.60. The first-order valence-corrected chi connectivity index (χ1v) is 8.08. The van der Waals surface area contributed by atoms with Gasteiger partial charge in [-0.25, -0.2) is 4.79 Å². The van der Waals surface area contributed by atoms with Gasteiger partial charge in [0.25, 0.3) is 0 Å². The van der Waals surface area contributed by atoms with Crippen molar-refractivity contribution in [1.82, 2.24) is 14.5 Å². The maximum absolute atomic E-state index is 12.7. The first kappa shape index (κ1) is 15.2. The Morgan fingerprint density at radius 2 is 1.77 bits per heavy atom. The summed E-state index contributed by atoms with van der Waals surface area (Å²) >= 11 is 0. The molecule has 3 rings (SSSR count). The second kappa shape index (κ2) is 5.51. The van der Waals surface area contributed by atoms with Crippen LogP contribution in [0.1, 0.15) is 45.3 Å². The predicted octanol–water partition coefficient (Wildman–Crippen LogP) is 2.96. The van der Waals surface area contributed by atoms with Crippen LogP contribution in [0.4, 0.5) is 0 Å². The first-order chi connectivity index (χ1) is 10.4. The van der Waals surface area contributed by atoms with Crippen molar-refractivity contribution < 1.29 is 0 Å². The van der Waals surface area contributed by atoms with Gasteiger partial charge in [0.1, 0.15) is 0 Å². The number of likely N-dealkylation sites (tertiary alicyclic amines) is 1. The average molecular weight is 299 g/mol. The zero-order valence-corrected chi connectivity index (χ0v) is 14.0. The van der Waals surface area contributed by atoms with Crippen LogP contribution in [-0.4, -0.2) is 34.6 Å². The molecule has 0 spiro atoms. The van der Waals surface area contributed by atoms with Crippen LogP contribution >= 0.6 is 0 Å². The smallest absolute Gasteiger partial charge is 0.306 e. The van der Waals surface area contributed by atoms with Crippen LogP contribution in [-0.2, 0) is 5.41 Å². The summed E-state index contributed by atoms with van der Waals surface area (Å²) < 4.78 is 1.93. The number of hydrogen-bond acceptors (Lipinski definition) is 3. The molecule has 0 N–H and O–H groups in total. The molecule has 0 aliphatic carbocycles. The molecule has 4 nitrogen and oxygen atoms in total. The van der Waals surface area contributed by atoms with E-state index in [-0.39, 0.29) is 17.1 Å². The Labute approximate surface area is 131 Å². The van der Waals surface area contributed by atoms with Crippen molar-refractivity contribution in [3.05, 3.63) is 40.4 Å². The van der Waals surface area contributed by atoms with Gasteiger partial charge < -0.3 is 4.90 Å². The van der Waals surface area contributed by atoms with Crippen molar-refractivity contribution in [1.29, 1.82) is 0 Å². The molecule has 2 aromatic rings. The summed E-state index contributed by atoms with van der Waals surface area (Å²) in [7, 11) is 2.14. The van der Waals surface area contributed by atoms with E-state index in [9.17, 15) is 4.79 Å². The lowest BCUT2D eigenvalue weighted by Gasteiger charge is -2.31. The van der Waals surface area contributed by atoms with E-state index in [1.807, 2.05) is 16.7 Å². The van der Waals surface area contributed by atoms with Crippen LogP contribution in [0, 0.1) is 0 Å². The summed E-state index contributed by atoms with van der Waals surface area (Å²) in [6.45, 7) is 8.41. The molecule has 0 atom stereocenters. The Morgan fingerprint density at radius 1 is 1.14 bits per heavy atom.